The van der Waals surface area contributed by atoms with Crippen molar-refractivity contribution in [3.8, 4) is 5.75 Å². The van der Waals surface area contributed by atoms with Gasteiger partial charge in [-0.1, -0.05) is 18.2 Å². The molecule has 104 valence electrons. The van der Waals surface area contributed by atoms with Crippen LogP contribution in [0.4, 0.5) is 4.39 Å². The fraction of sp³-hybridized carbons (Fsp3) is 0.200. The lowest BCUT2D eigenvalue weighted by atomic mass is 10.3. The summed E-state index contributed by atoms with van der Waals surface area (Å²) in [4.78, 5) is 15.6. The zero-order chi connectivity index (χ0) is 14.2. The number of nitrogens with one attached hydrogen (secondary N) is 1. The lowest BCUT2D eigenvalue weighted by Gasteiger charge is -2.07. The Morgan fingerprint density at radius 3 is 2.75 bits per heavy atom. The van der Waals surface area contributed by atoms with Gasteiger partial charge in [0.1, 0.15) is 5.69 Å². The number of hydrogen-bond acceptors (Lipinski definition) is 3. The molecule has 0 aliphatic heterocycles. The quantitative estimate of drug-likeness (QED) is 0.823. The van der Waals surface area contributed by atoms with Crippen LogP contribution in [0, 0.1) is 5.82 Å². The number of carbonyl (C=O) groups excluding carboxylic acids is 1. The monoisotopic (exact) mass is 274 g/mol. The minimum absolute atomic E-state index is 0.225. The van der Waals surface area contributed by atoms with E-state index in [0.29, 0.717) is 25.3 Å². The molecule has 0 atom stereocenters. The van der Waals surface area contributed by atoms with Crippen LogP contribution < -0.4 is 10.1 Å². The average Bonchev–Trinajstić information content (AvgIpc) is 2.49. The summed E-state index contributed by atoms with van der Waals surface area (Å²) >= 11 is 0. The largest absolute Gasteiger partial charge is 0.490 e. The highest BCUT2D eigenvalue weighted by Gasteiger charge is 2.05. The van der Waals surface area contributed by atoms with Crippen molar-refractivity contribution in [3.05, 3.63) is 60.2 Å². The van der Waals surface area contributed by atoms with Gasteiger partial charge in [0.2, 0.25) is 0 Å². The average molecular weight is 274 g/mol. The predicted molar refractivity (Wildman–Crippen MR) is 73.1 cm³/mol. The second-order valence-electron chi connectivity index (χ2n) is 4.10. The number of para-hydroxylation sites is 1. The van der Waals surface area contributed by atoms with Crippen LogP contribution in [-0.4, -0.2) is 24.0 Å². The topological polar surface area (TPSA) is 51.2 Å². The summed E-state index contributed by atoms with van der Waals surface area (Å²) in [5, 5.41) is 2.72. The molecule has 4 nitrogen and oxygen atoms in total. The van der Waals surface area contributed by atoms with E-state index in [4.69, 9.17) is 4.74 Å². The Morgan fingerprint density at radius 1 is 1.20 bits per heavy atom. The summed E-state index contributed by atoms with van der Waals surface area (Å²) in [5.41, 5.74) is 0.377. The second kappa shape index (κ2) is 7.23. The summed E-state index contributed by atoms with van der Waals surface area (Å²) in [6, 6.07) is 11.4. The minimum atomic E-state index is -0.384. The van der Waals surface area contributed by atoms with Gasteiger partial charge in [-0.25, -0.2) is 4.39 Å². The van der Waals surface area contributed by atoms with Gasteiger partial charge in [0.05, 0.1) is 6.61 Å². The number of amides is 1. The van der Waals surface area contributed by atoms with Gasteiger partial charge in [-0.3, -0.25) is 9.78 Å². The number of rotatable bonds is 6. The van der Waals surface area contributed by atoms with Crippen molar-refractivity contribution in [2.24, 2.45) is 0 Å². The van der Waals surface area contributed by atoms with Gasteiger partial charge in [0.25, 0.3) is 5.91 Å². The third kappa shape index (κ3) is 4.05. The molecular weight excluding hydrogens is 259 g/mol. The lowest BCUT2D eigenvalue weighted by molar-refractivity contribution is 0.0946. The molecule has 0 saturated carbocycles. The van der Waals surface area contributed by atoms with E-state index in [1.165, 1.54) is 6.07 Å². The van der Waals surface area contributed by atoms with E-state index in [0.717, 1.165) is 0 Å². The van der Waals surface area contributed by atoms with Crippen LogP contribution >= 0.6 is 0 Å². The van der Waals surface area contributed by atoms with Crippen molar-refractivity contribution in [3.63, 3.8) is 0 Å². The molecule has 0 saturated heterocycles. The Kier molecular flexibility index (Phi) is 5.06. The zero-order valence-electron chi connectivity index (χ0n) is 10.9. The molecule has 0 unspecified atom stereocenters. The van der Waals surface area contributed by atoms with E-state index in [2.05, 4.69) is 10.3 Å². The Bertz CT molecular complexity index is 561. The second-order valence-corrected chi connectivity index (χ2v) is 4.10. The summed E-state index contributed by atoms with van der Waals surface area (Å²) in [7, 11) is 0. The van der Waals surface area contributed by atoms with Crippen LogP contribution in [0.2, 0.25) is 0 Å². The molecule has 0 aliphatic rings. The first-order valence-corrected chi connectivity index (χ1v) is 6.34. The molecule has 0 bridgehead atoms. The Hall–Kier alpha value is -2.43. The number of aromatic nitrogens is 1. The van der Waals surface area contributed by atoms with Gasteiger partial charge in [-0.15, -0.1) is 0 Å². The molecule has 0 fully saturated rings. The van der Waals surface area contributed by atoms with E-state index in [1.807, 2.05) is 0 Å². The van der Waals surface area contributed by atoms with Crippen molar-refractivity contribution < 1.29 is 13.9 Å². The maximum Gasteiger partial charge on any atom is 0.269 e. The third-order valence-corrected chi connectivity index (χ3v) is 2.60. The van der Waals surface area contributed by atoms with Crippen LogP contribution in [-0.2, 0) is 0 Å². The van der Waals surface area contributed by atoms with E-state index in [9.17, 15) is 9.18 Å². The van der Waals surface area contributed by atoms with E-state index >= 15 is 0 Å². The smallest absolute Gasteiger partial charge is 0.269 e. The number of halogens is 1. The SMILES string of the molecule is O=C(NCCCOc1ccccc1F)c1ccccn1. The summed E-state index contributed by atoms with van der Waals surface area (Å²) in [6.45, 7) is 0.785. The van der Waals surface area contributed by atoms with Crippen LogP contribution in [0.3, 0.4) is 0 Å². The zero-order valence-corrected chi connectivity index (χ0v) is 10.9. The molecular formula is C15H15FN2O2. The van der Waals surface area contributed by atoms with E-state index in [-0.39, 0.29) is 17.5 Å². The molecule has 0 radical (unpaired) electrons. The van der Waals surface area contributed by atoms with Gasteiger partial charge in [-0.05, 0) is 30.7 Å². The number of carbonyl (C=O) groups is 1. The standard InChI is InChI=1S/C15H15FN2O2/c16-12-6-1-2-8-14(12)20-11-5-10-18-15(19)13-7-3-4-9-17-13/h1-4,6-9H,5,10-11H2,(H,18,19). The number of benzene rings is 1. The van der Waals surface area contributed by atoms with Gasteiger partial charge in [0, 0.05) is 12.7 Å². The Morgan fingerprint density at radius 2 is 2.00 bits per heavy atom. The number of ether oxygens (including phenoxy) is 1. The molecule has 5 heteroatoms. The summed E-state index contributed by atoms with van der Waals surface area (Å²) in [5.74, 6) is -0.384. The van der Waals surface area contributed by atoms with E-state index < -0.39 is 0 Å². The third-order valence-electron chi connectivity index (χ3n) is 2.60. The minimum Gasteiger partial charge on any atom is -0.490 e. The first kappa shape index (κ1) is 14.0. The molecule has 0 aliphatic carbocycles. The summed E-state index contributed by atoms with van der Waals surface area (Å²) < 4.78 is 18.5. The van der Waals surface area contributed by atoms with Crippen molar-refractivity contribution in [2.75, 3.05) is 13.2 Å². The maximum atomic E-state index is 13.2. The fourth-order valence-corrected chi connectivity index (χ4v) is 1.61. The fourth-order valence-electron chi connectivity index (χ4n) is 1.61. The maximum absolute atomic E-state index is 13.2. The first-order valence-electron chi connectivity index (χ1n) is 6.34. The number of nitrogens with zero attached hydrogens (tertiary/aromatic N) is 1. The lowest BCUT2D eigenvalue weighted by Crippen LogP contribution is -2.26. The van der Waals surface area contributed by atoms with Crippen molar-refractivity contribution in [1.82, 2.24) is 10.3 Å². The molecule has 0 spiro atoms. The van der Waals surface area contributed by atoms with E-state index in [1.54, 1.807) is 42.6 Å². The van der Waals surface area contributed by atoms with Crippen LogP contribution in [0.25, 0.3) is 0 Å². The molecule has 1 N–H and O–H groups in total. The normalized spacial score (nSPS) is 10.1. The molecule has 2 aromatic rings. The highest BCUT2D eigenvalue weighted by molar-refractivity contribution is 5.92. The van der Waals surface area contributed by atoms with Crippen LogP contribution in [0.5, 0.6) is 5.75 Å². The van der Waals surface area contributed by atoms with Crippen molar-refractivity contribution >= 4 is 5.91 Å². The molecule has 1 amide bonds. The molecule has 1 aromatic heterocycles. The Balaban J connectivity index is 1.67. The van der Waals surface area contributed by atoms with Crippen LogP contribution in [0.15, 0.2) is 48.7 Å². The highest BCUT2D eigenvalue weighted by atomic mass is 19.1. The van der Waals surface area contributed by atoms with Gasteiger partial charge >= 0.3 is 0 Å². The van der Waals surface area contributed by atoms with Gasteiger partial charge in [0.15, 0.2) is 11.6 Å². The van der Waals surface area contributed by atoms with Gasteiger partial charge in [-0.2, -0.15) is 0 Å². The Labute approximate surface area is 116 Å². The molecule has 2 rings (SSSR count). The number of pyridine rings is 1. The molecule has 1 aromatic carbocycles. The first-order chi connectivity index (χ1) is 9.77. The number of hydrogen-bond donors (Lipinski definition) is 1. The summed E-state index contributed by atoms with van der Waals surface area (Å²) in [6.07, 6.45) is 2.16. The molecule has 1 heterocycles. The molecule has 20 heavy (non-hydrogen) atoms. The van der Waals surface area contributed by atoms with Crippen molar-refractivity contribution in [1.29, 1.82) is 0 Å². The predicted octanol–water partition coefficient (Wildman–Crippen LogP) is 2.42. The van der Waals surface area contributed by atoms with Crippen LogP contribution in [0.1, 0.15) is 16.9 Å². The highest BCUT2D eigenvalue weighted by Crippen LogP contribution is 2.15. The van der Waals surface area contributed by atoms with Gasteiger partial charge < -0.3 is 10.1 Å². The van der Waals surface area contributed by atoms with Crippen molar-refractivity contribution in [2.45, 2.75) is 6.42 Å².